The molecular formula is C24H34N6O2S. The highest BCUT2D eigenvalue weighted by molar-refractivity contribution is 7.99. The van der Waals surface area contributed by atoms with Crippen LogP contribution in [0, 0.1) is 0 Å². The van der Waals surface area contributed by atoms with E-state index in [1.807, 2.05) is 28.9 Å². The number of carbonyl (C=O) groups excluding carboxylic acids is 1. The SMILES string of the molecule is COCCNc1nc(SC(C)C)nc2c1cnn2CCNC(=O)c1ccc(C(C)(C)C)cc1. The summed E-state index contributed by atoms with van der Waals surface area (Å²) in [7, 11) is 1.67. The number of anilines is 1. The predicted octanol–water partition coefficient (Wildman–Crippen LogP) is 4.11. The van der Waals surface area contributed by atoms with Gasteiger partial charge in [-0.15, -0.1) is 0 Å². The normalized spacial score (nSPS) is 11.8. The van der Waals surface area contributed by atoms with Gasteiger partial charge in [0.15, 0.2) is 10.8 Å². The number of nitrogens with one attached hydrogen (secondary N) is 2. The second-order valence-electron chi connectivity index (χ2n) is 9.13. The first kappa shape index (κ1) is 25.0. The van der Waals surface area contributed by atoms with Gasteiger partial charge in [0.1, 0.15) is 5.82 Å². The molecule has 3 aromatic rings. The topological polar surface area (TPSA) is 94.0 Å². The number of nitrogens with zero attached hydrogens (tertiary/aromatic N) is 4. The fourth-order valence-electron chi connectivity index (χ4n) is 3.27. The standard InChI is InChI=1S/C24H34N6O2S/c1-16(2)33-23-28-20(25-12-14-32-6)19-15-27-30(21(19)29-23)13-11-26-22(31)17-7-9-18(10-8-17)24(3,4)5/h7-10,15-16H,11-14H2,1-6H3,(H,26,31)(H,25,28,29). The van der Waals surface area contributed by atoms with Gasteiger partial charge in [0.05, 0.1) is 24.7 Å². The zero-order valence-electron chi connectivity index (χ0n) is 20.3. The van der Waals surface area contributed by atoms with Gasteiger partial charge in [-0.2, -0.15) is 5.10 Å². The van der Waals surface area contributed by atoms with Crippen LogP contribution in [0.5, 0.6) is 0 Å². The zero-order valence-corrected chi connectivity index (χ0v) is 21.1. The van der Waals surface area contributed by atoms with Crippen molar-refractivity contribution >= 4 is 34.5 Å². The molecule has 0 aliphatic rings. The van der Waals surface area contributed by atoms with Gasteiger partial charge >= 0.3 is 0 Å². The largest absolute Gasteiger partial charge is 0.383 e. The third-order valence-corrected chi connectivity index (χ3v) is 5.90. The molecular weight excluding hydrogens is 436 g/mol. The van der Waals surface area contributed by atoms with Crippen molar-refractivity contribution in [2.24, 2.45) is 0 Å². The number of ether oxygens (including phenoxy) is 1. The van der Waals surface area contributed by atoms with Gasteiger partial charge in [-0.05, 0) is 23.1 Å². The fraction of sp³-hybridized carbons (Fsp3) is 0.500. The van der Waals surface area contributed by atoms with Crippen molar-refractivity contribution in [3.05, 3.63) is 41.6 Å². The molecule has 2 heterocycles. The molecule has 178 valence electrons. The summed E-state index contributed by atoms with van der Waals surface area (Å²) in [5.41, 5.74) is 2.65. The molecule has 0 aliphatic heterocycles. The Morgan fingerprint density at radius 3 is 2.52 bits per heavy atom. The average Bonchev–Trinajstić information content (AvgIpc) is 3.16. The number of fused-ring (bicyclic) bond motifs is 1. The summed E-state index contributed by atoms with van der Waals surface area (Å²) < 4.78 is 6.95. The van der Waals surface area contributed by atoms with E-state index in [9.17, 15) is 4.79 Å². The van der Waals surface area contributed by atoms with E-state index in [0.29, 0.717) is 42.2 Å². The maximum atomic E-state index is 12.6. The van der Waals surface area contributed by atoms with Crippen LogP contribution < -0.4 is 10.6 Å². The average molecular weight is 471 g/mol. The van der Waals surface area contributed by atoms with Crippen molar-refractivity contribution in [2.75, 3.05) is 32.1 Å². The number of methoxy groups -OCH3 is 1. The first-order chi connectivity index (χ1) is 15.7. The van der Waals surface area contributed by atoms with Crippen LogP contribution >= 0.6 is 11.8 Å². The lowest BCUT2D eigenvalue weighted by Crippen LogP contribution is -2.27. The number of hydrogen-bond acceptors (Lipinski definition) is 7. The highest BCUT2D eigenvalue weighted by atomic mass is 32.2. The third kappa shape index (κ3) is 6.68. The predicted molar refractivity (Wildman–Crippen MR) is 134 cm³/mol. The smallest absolute Gasteiger partial charge is 0.251 e. The van der Waals surface area contributed by atoms with Crippen molar-refractivity contribution in [1.82, 2.24) is 25.1 Å². The van der Waals surface area contributed by atoms with E-state index in [1.165, 1.54) is 5.56 Å². The van der Waals surface area contributed by atoms with Crippen molar-refractivity contribution in [3.8, 4) is 0 Å². The number of rotatable bonds is 10. The van der Waals surface area contributed by atoms with E-state index >= 15 is 0 Å². The van der Waals surface area contributed by atoms with Crippen LogP contribution in [0.2, 0.25) is 0 Å². The number of thioether (sulfide) groups is 1. The Kier molecular flexibility index (Phi) is 8.31. The lowest BCUT2D eigenvalue weighted by atomic mass is 9.87. The Morgan fingerprint density at radius 2 is 1.88 bits per heavy atom. The van der Waals surface area contributed by atoms with Gasteiger partial charge in [-0.3, -0.25) is 4.79 Å². The molecule has 9 heteroatoms. The summed E-state index contributed by atoms with van der Waals surface area (Å²) in [4.78, 5) is 22.0. The molecule has 0 saturated heterocycles. The number of benzene rings is 1. The minimum atomic E-state index is -0.0977. The molecule has 0 spiro atoms. The van der Waals surface area contributed by atoms with E-state index in [2.05, 4.69) is 55.3 Å². The Balaban J connectivity index is 1.70. The number of amides is 1. The Labute approximate surface area is 199 Å². The fourth-order valence-corrected chi connectivity index (χ4v) is 3.97. The van der Waals surface area contributed by atoms with E-state index in [0.717, 1.165) is 16.9 Å². The van der Waals surface area contributed by atoms with Gasteiger partial charge in [0, 0.05) is 31.0 Å². The lowest BCUT2D eigenvalue weighted by Gasteiger charge is -2.19. The second-order valence-corrected chi connectivity index (χ2v) is 10.7. The molecule has 0 aliphatic carbocycles. The number of carbonyl (C=O) groups is 1. The van der Waals surface area contributed by atoms with Crippen molar-refractivity contribution < 1.29 is 9.53 Å². The molecule has 1 amide bonds. The van der Waals surface area contributed by atoms with Crippen LogP contribution in [0.4, 0.5) is 5.82 Å². The summed E-state index contributed by atoms with van der Waals surface area (Å²) in [6.07, 6.45) is 1.77. The van der Waals surface area contributed by atoms with Crippen molar-refractivity contribution in [2.45, 2.75) is 57.0 Å². The minimum absolute atomic E-state index is 0.0575. The number of hydrogen-bond donors (Lipinski definition) is 2. The maximum absolute atomic E-state index is 12.6. The summed E-state index contributed by atoms with van der Waals surface area (Å²) >= 11 is 1.60. The molecule has 33 heavy (non-hydrogen) atoms. The van der Waals surface area contributed by atoms with Gasteiger partial charge in [0.25, 0.3) is 5.91 Å². The van der Waals surface area contributed by atoms with Crippen molar-refractivity contribution in [3.63, 3.8) is 0 Å². The molecule has 0 fully saturated rings. The van der Waals surface area contributed by atoms with Crippen LogP contribution in [0.25, 0.3) is 11.0 Å². The first-order valence-electron chi connectivity index (χ1n) is 11.2. The Bertz CT molecular complexity index is 1070. The quantitative estimate of drug-likeness (QED) is 0.262. The van der Waals surface area contributed by atoms with E-state index < -0.39 is 0 Å². The van der Waals surface area contributed by atoms with Crippen LogP contribution in [-0.4, -0.2) is 57.7 Å². The molecule has 0 unspecified atom stereocenters. The molecule has 2 N–H and O–H groups in total. The lowest BCUT2D eigenvalue weighted by molar-refractivity contribution is 0.0952. The van der Waals surface area contributed by atoms with E-state index in [4.69, 9.17) is 9.72 Å². The number of aromatic nitrogens is 4. The van der Waals surface area contributed by atoms with Gasteiger partial charge in [0.2, 0.25) is 0 Å². The summed E-state index contributed by atoms with van der Waals surface area (Å²) in [6, 6.07) is 7.78. The maximum Gasteiger partial charge on any atom is 0.251 e. The van der Waals surface area contributed by atoms with E-state index in [-0.39, 0.29) is 11.3 Å². The molecule has 0 saturated carbocycles. The molecule has 0 radical (unpaired) electrons. The Morgan fingerprint density at radius 1 is 1.15 bits per heavy atom. The molecule has 8 nitrogen and oxygen atoms in total. The summed E-state index contributed by atoms with van der Waals surface area (Å²) in [5.74, 6) is 0.647. The highest BCUT2D eigenvalue weighted by Gasteiger charge is 2.16. The van der Waals surface area contributed by atoms with Crippen LogP contribution in [0.3, 0.4) is 0 Å². The van der Waals surface area contributed by atoms with Crippen molar-refractivity contribution in [1.29, 1.82) is 0 Å². The van der Waals surface area contributed by atoms with E-state index in [1.54, 1.807) is 25.1 Å². The van der Waals surface area contributed by atoms with Crippen LogP contribution in [0.1, 0.15) is 50.5 Å². The monoisotopic (exact) mass is 470 g/mol. The van der Waals surface area contributed by atoms with Crippen LogP contribution in [0.15, 0.2) is 35.6 Å². The molecule has 0 bridgehead atoms. The highest BCUT2D eigenvalue weighted by Crippen LogP contribution is 2.26. The molecule has 1 aromatic carbocycles. The molecule has 0 atom stereocenters. The third-order valence-electron chi connectivity index (χ3n) is 5.04. The zero-order chi connectivity index (χ0) is 24.0. The van der Waals surface area contributed by atoms with Crippen LogP contribution in [-0.2, 0) is 16.7 Å². The second kappa shape index (κ2) is 11.0. The summed E-state index contributed by atoms with van der Waals surface area (Å²) in [5, 5.41) is 12.7. The van der Waals surface area contributed by atoms with Gasteiger partial charge < -0.3 is 15.4 Å². The minimum Gasteiger partial charge on any atom is -0.383 e. The summed E-state index contributed by atoms with van der Waals surface area (Å²) in [6.45, 7) is 12.9. The molecule has 2 aromatic heterocycles. The van der Waals surface area contributed by atoms with Gasteiger partial charge in [-0.1, -0.05) is 58.5 Å². The molecule has 3 rings (SSSR count). The Hall–Kier alpha value is -2.65. The first-order valence-corrected chi connectivity index (χ1v) is 12.1. The van der Waals surface area contributed by atoms with Gasteiger partial charge in [-0.25, -0.2) is 14.6 Å².